The molecule has 0 radical (unpaired) electrons. The van der Waals surface area contributed by atoms with E-state index in [0.29, 0.717) is 28.9 Å². The quantitative estimate of drug-likeness (QED) is 0.534. The van der Waals surface area contributed by atoms with Crippen LogP contribution >= 0.6 is 0 Å². The lowest BCUT2D eigenvalue weighted by Gasteiger charge is -2.58. The summed E-state index contributed by atoms with van der Waals surface area (Å²) in [5.74, 6) is 4.75. The maximum Gasteiger partial charge on any atom is 0.122 e. The van der Waals surface area contributed by atoms with Gasteiger partial charge in [-0.05, 0) is 98.2 Å². The van der Waals surface area contributed by atoms with Gasteiger partial charge < -0.3 is 10.5 Å². The second-order valence-electron chi connectivity index (χ2n) is 12.9. The molecule has 0 aromatic carbocycles. The molecular formula is C27H44N2O. The fraction of sp³-hybridized carbons (Fsp3) is 0.926. The standard InChI is InChI=1S/C27H44N2O/c1-16-7-12-27(29-15-16)17(2)24-23(30-27)14-22-20-6-5-18-13-19(28)8-10-25(18,3)21(20)9-11-26(22,24)4/h5,16-17,19-24,29H,6-15,28H2,1-4H3/t16-,17+,19-,20-,21+,22+,23+,24+,25+,26+,27-/m1/s1. The lowest BCUT2D eigenvalue weighted by molar-refractivity contribution is -0.115. The lowest BCUT2D eigenvalue weighted by atomic mass is 9.46. The number of allylic oxidation sites excluding steroid dienone is 1. The molecule has 2 heterocycles. The van der Waals surface area contributed by atoms with Crippen LogP contribution in [0.15, 0.2) is 11.6 Å². The first-order chi connectivity index (χ1) is 14.3. The Morgan fingerprint density at radius 1 is 1.07 bits per heavy atom. The van der Waals surface area contributed by atoms with Crippen LogP contribution in [0.2, 0.25) is 0 Å². The first-order valence-electron chi connectivity index (χ1n) is 13.1. The Kier molecular flexibility index (Phi) is 4.44. The molecule has 0 aromatic heterocycles. The van der Waals surface area contributed by atoms with Crippen LogP contribution in [-0.4, -0.2) is 24.4 Å². The van der Waals surface area contributed by atoms with Crippen molar-refractivity contribution >= 4 is 0 Å². The Labute approximate surface area is 184 Å². The van der Waals surface area contributed by atoms with Crippen LogP contribution in [0.1, 0.15) is 85.5 Å². The summed E-state index contributed by atoms with van der Waals surface area (Å²) in [5.41, 5.74) is 8.94. The summed E-state index contributed by atoms with van der Waals surface area (Å²) < 4.78 is 7.01. The molecular weight excluding hydrogens is 368 g/mol. The number of fused-ring (bicyclic) bond motifs is 7. The van der Waals surface area contributed by atoms with Gasteiger partial charge in [0.25, 0.3) is 0 Å². The van der Waals surface area contributed by atoms with E-state index < -0.39 is 0 Å². The number of nitrogens with one attached hydrogen (secondary N) is 1. The fourth-order valence-electron chi connectivity index (χ4n) is 9.89. The van der Waals surface area contributed by atoms with Gasteiger partial charge in [-0.15, -0.1) is 0 Å². The molecule has 1 spiro atoms. The van der Waals surface area contributed by atoms with Crippen LogP contribution in [0.4, 0.5) is 0 Å². The molecule has 3 N–H and O–H groups in total. The zero-order valence-electron chi connectivity index (χ0n) is 19.8. The van der Waals surface area contributed by atoms with Crippen molar-refractivity contribution in [3.05, 3.63) is 11.6 Å². The molecule has 0 amide bonds. The Morgan fingerprint density at radius 3 is 2.67 bits per heavy atom. The minimum absolute atomic E-state index is 0.0300. The van der Waals surface area contributed by atoms with Gasteiger partial charge in [-0.3, -0.25) is 5.32 Å². The van der Waals surface area contributed by atoms with Crippen molar-refractivity contribution in [3.63, 3.8) is 0 Å². The highest BCUT2D eigenvalue weighted by Crippen LogP contribution is 2.70. The van der Waals surface area contributed by atoms with Gasteiger partial charge >= 0.3 is 0 Å². The Bertz CT molecular complexity index is 739. The monoisotopic (exact) mass is 412 g/mol. The summed E-state index contributed by atoms with van der Waals surface area (Å²) in [7, 11) is 0. The van der Waals surface area contributed by atoms with E-state index in [0.717, 1.165) is 42.6 Å². The van der Waals surface area contributed by atoms with E-state index in [-0.39, 0.29) is 5.72 Å². The zero-order valence-corrected chi connectivity index (χ0v) is 19.8. The molecule has 11 atom stereocenters. The second kappa shape index (κ2) is 6.58. The van der Waals surface area contributed by atoms with E-state index >= 15 is 0 Å². The van der Waals surface area contributed by atoms with Crippen LogP contribution < -0.4 is 11.1 Å². The lowest BCUT2D eigenvalue weighted by Crippen LogP contribution is -2.57. The number of nitrogens with two attached hydrogens (primary N) is 1. The number of rotatable bonds is 0. The van der Waals surface area contributed by atoms with Gasteiger partial charge in [-0.2, -0.15) is 0 Å². The minimum Gasteiger partial charge on any atom is -0.357 e. The SMILES string of the molecule is C[C@@H]1CC[C@@]2(NC1)O[C@H]1C[C@H]3[C@@H]4CC=C5C[C@H](N)CC[C@]5(C)[C@H]4CC[C@]3(C)[C@H]1[C@@H]2C. The van der Waals surface area contributed by atoms with E-state index in [9.17, 15) is 0 Å². The Balaban J connectivity index is 1.28. The smallest absolute Gasteiger partial charge is 0.122 e. The third kappa shape index (κ3) is 2.55. The third-order valence-corrected chi connectivity index (χ3v) is 11.6. The summed E-state index contributed by atoms with van der Waals surface area (Å²) >= 11 is 0. The van der Waals surface area contributed by atoms with Crippen molar-refractivity contribution in [3.8, 4) is 0 Å². The zero-order chi connectivity index (χ0) is 20.9. The average molecular weight is 413 g/mol. The van der Waals surface area contributed by atoms with Gasteiger partial charge in [0.2, 0.25) is 0 Å². The molecule has 0 unspecified atom stereocenters. The van der Waals surface area contributed by atoms with Crippen molar-refractivity contribution in [2.45, 2.75) is 103 Å². The normalized spacial score (nSPS) is 59.8. The van der Waals surface area contributed by atoms with Gasteiger partial charge in [0.15, 0.2) is 0 Å². The molecule has 3 nitrogen and oxygen atoms in total. The van der Waals surface area contributed by atoms with Gasteiger partial charge in [0.05, 0.1) is 6.10 Å². The predicted molar refractivity (Wildman–Crippen MR) is 122 cm³/mol. The highest BCUT2D eigenvalue weighted by molar-refractivity contribution is 5.26. The summed E-state index contributed by atoms with van der Waals surface area (Å²) in [6.45, 7) is 11.3. The molecule has 0 aromatic rings. The third-order valence-electron chi connectivity index (χ3n) is 11.6. The highest BCUT2D eigenvalue weighted by Gasteiger charge is 2.68. The van der Waals surface area contributed by atoms with Crippen molar-refractivity contribution in [1.29, 1.82) is 0 Å². The van der Waals surface area contributed by atoms with Crippen LogP contribution in [0.5, 0.6) is 0 Å². The Hall–Kier alpha value is -0.380. The van der Waals surface area contributed by atoms with Crippen LogP contribution in [0.3, 0.4) is 0 Å². The van der Waals surface area contributed by atoms with Crippen molar-refractivity contribution < 1.29 is 4.74 Å². The second-order valence-corrected chi connectivity index (χ2v) is 12.9. The minimum atomic E-state index is -0.0300. The molecule has 4 aliphatic carbocycles. The highest BCUT2D eigenvalue weighted by atomic mass is 16.5. The maximum atomic E-state index is 7.01. The molecule has 0 bridgehead atoms. The van der Waals surface area contributed by atoms with E-state index in [1.54, 1.807) is 5.57 Å². The van der Waals surface area contributed by atoms with Crippen molar-refractivity contribution in [2.75, 3.05) is 6.54 Å². The summed E-state index contributed by atoms with van der Waals surface area (Å²) in [6.07, 6.45) is 14.8. The van der Waals surface area contributed by atoms with Gasteiger partial charge in [-0.25, -0.2) is 0 Å². The Morgan fingerprint density at radius 2 is 1.90 bits per heavy atom. The molecule has 30 heavy (non-hydrogen) atoms. The van der Waals surface area contributed by atoms with Gasteiger partial charge in [0, 0.05) is 18.5 Å². The first kappa shape index (κ1) is 20.2. The van der Waals surface area contributed by atoms with Gasteiger partial charge in [-0.1, -0.05) is 39.3 Å². The van der Waals surface area contributed by atoms with E-state index in [4.69, 9.17) is 10.5 Å². The van der Waals surface area contributed by atoms with Crippen LogP contribution in [-0.2, 0) is 4.74 Å². The molecule has 3 saturated carbocycles. The molecule has 2 saturated heterocycles. The number of hydrogen-bond donors (Lipinski definition) is 2. The van der Waals surface area contributed by atoms with E-state index in [1.165, 1.54) is 51.4 Å². The van der Waals surface area contributed by atoms with Crippen molar-refractivity contribution in [2.24, 2.45) is 52.1 Å². The van der Waals surface area contributed by atoms with E-state index in [2.05, 4.69) is 39.1 Å². The predicted octanol–water partition coefficient (Wildman–Crippen LogP) is 5.25. The van der Waals surface area contributed by atoms with Crippen LogP contribution in [0, 0.1) is 46.3 Å². The molecule has 3 heteroatoms. The van der Waals surface area contributed by atoms with Crippen molar-refractivity contribution in [1.82, 2.24) is 5.32 Å². The fourth-order valence-corrected chi connectivity index (χ4v) is 9.89. The molecule has 5 fully saturated rings. The van der Waals surface area contributed by atoms with E-state index in [1.807, 2.05) is 0 Å². The molecule has 168 valence electrons. The summed E-state index contributed by atoms with van der Waals surface area (Å²) in [6, 6.07) is 0.400. The first-order valence-corrected chi connectivity index (χ1v) is 13.1. The van der Waals surface area contributed by atoms with Gasteiger partial charge in [0.1, 0.15) is 5.72 Å². The summed E-state index contributed by atoms with van der Waals surface area (Å²) in [5, 5.41) is 3.90. The molecule has 6 rings (SSSR count). The number of hydrogen-bond acceptors (Lipinski definition) is 3. The maximum absolute atomic E-state index is 7.01. The number of ether oxygens (including phenoxy) is 1. The molecule has 6 aliphatic rings. The number of piperidine rings is 1. The largest absolute Gasteiger partial charge is 0.357 e. The average Bonchev–Trinajstić information content (AvgIpc) is 3.16. The molecule has 2 aliphatic heterocycles. The summed E-state index contributed by atoms with van der Waals surface area (Å²) in [4.78, 5) is 0. The van der Waals surface area contributed by atoms with Crippen LogP contribution in [0.25, 0.3) is 0 Å². The topological polar surface area (TPSA) is 47.3 Å².